The highest BCUT2D eigenvalue weighted by Crippen LogP contribution is 2.34. The highest BCUT2D eigenvalue weighted by molar-refractivity contribution is 6.31. The smallest absolute Gasteiger partial charge is 0.228 e. The Morgan fingerprint density at radius 1 is 1.09 bits per heavy atom. The number of fused-ring (bicyclic) bond motifs is 1. The van der Waals surface area contributed by atoms with Gasteiger partial charge in [0.05, 0.1) is 16.7 Å². The summed E-state index contributed by atoms with van der Waals surface area (Å²) in [6.07, 6.45) is 6.34. The average Bonchev–Trinajstić information content (AvgIpc) is 2.83. The van der Waals surface area contributed by atoms with Gasteiger partial charge in [-0.2, -0.15) is 0 Å². The zero-order chi connectivity index (χ0) is 23.7. The predicted molar refractivity (Wildman–Crippen MR) is 131 cm³/mol. The van der Waals surface area contributed by atoms with E-state index in [9.17, 15) is 9.59 Å². The molecule has 8 heteroatoms. The molecule has 0 aliphatic carbocycles. The molecule has 3 heterocycles. The van der Waals surface area contributed by atoms with Gasteiger partial charge in [0.15, 0.2) is 5.82 Å². The lowest BCUT2D eigenvalue weighted by Gasteiger charge is -2.31. The van der Waals surface area contributed by atoms with Crippen LogP contribution in [0.3, 0.4) is 0 Å². The molecule has 0 spiro atoms. The molecule has 2 aromatic heterocycles. The molecule has 34 heavy (non-hydrogen) atoms. The molecule has 4 aromatic rings. The molecule has 2 aromatic carbocycles. The molecule has 1 atom stereocenters. The summed E-state index contributed by atoms with van der Waals surface area (Å²) in [6, 6.07) is 13.1. The van der Waals surface area contributed by atoms with Crippen molar-refractivity contribution in [1.82, 2.24) is 19.9 Å². The Bertz CT molecular complexity index is 1410. The second-order valence-electron chi connectivity index (χ2n) is 8.47. The number of ketones is 1. The Hall–Kier alpha value is -3.71. The fraction of sp³-hybridized carbons (Fsp3) is 0.231. The normalized spacial score (nSPS) is 16.1. The minimum Gasteiger partial charge on any atom is -0.300 e. The van der Waals surface area contributed by atoms with Crippen LogP contribution < -0.4 is 4.90 Å². The van der Waals surface area contributed by atoms with Crippen molar-refractivity contribution in [2.45, 2.75) is 32.1 Å². The van der Waals surface area contributed by atoms with E-state index in [-0.39, 0.29) is 17.6 Å². The van der Waals surface area contributed by atoms with Crippen LogP contribution in [0.4, 0.5) is 5.82 Å². The molecule has 7 nitrogen and oxygen atoms in total. The summed E-state index contributed by atoms with van der Waals surface area (Å²) < 4.78 is 0. The zero-order valence-electron chi connectivity index (χ0n) is 18.6. The third kappa shape index (κ3) is 4.52. The van der Waals surface area contributed by atoms with Gasteiger partial charge in [-0.05, 0) is 43.2 Å². The monoisotopic (exact) mass is 471 g/mol. The third-order valence-electron chi connectivity index (χ3n) is 5.95. The molecule has 1 unspecified atom stereocenters. The maximum atomic E-state index is 13.2. The number of benzene rings is 2. The Labute approximate surface area is 201 Å². The average molecular weight is 472 g/mol. The highest BCUT2D eigenvalue weighted by atomic mass is 35.5. The number of carbonyl (C=O) groups excluding carboxylic acids is 2. The highest BCUT2D eigenvalue weighted by Gasteiger charge is 2.31. The van der Waals surface area contributed by atoms with Gasteiger partial charge in [-0.25, -0.2) is 9.97 Å². The van der Waals surface area contributed by atoms with Crippen molar-refractivity contribution in [3.63, 3.8) is 0 Å². The number of piperidine rings is 1. The first-order valence-electron chi connectivity index (χ1n) is 11.1. The number of halogens is 1. The van der Waals surface area contributed by atoms with Gasteiger partial charge in [0.25, 0.3) is 0 Å². The molecule has 170 valence electrons. The predicted octanol–water partition coefficient (Wildman–Crippen LogP) is 4.78. The van der Waals surface area contributed by atoms with Gasteiger partial charge < -0.3 is 0 Å². The lowest BCUT2D eigenvalue weighted by atomic mass is 9.92. The van der Waals surface area contributed by atoms with Crippen LogP contribution in [0.1, 0.15) is 36.9 Å². The van der Waals surface area contributed by atoms with Gasteiger partial charge in [0.1, 0.15) is 11.5 Å². The van der Waals surface area contributed by atoms with Crippen LogP contribution in [0.2, 0.25) is 5.02 Å². The molecule has 0 N–H and O–H groups in total. The number of hydrogen-bond acceptors (Lipinski definition) is 6. The standard InChI is InChI=1S/C26H22ClN5O2/c1-16(33)11-17-3-2-4-19(12-17)25-26(29-9-8-28-25)32-10-7-18(13-24(32)34)23-15-30-21-6-5-20(27)14-22(21)31-23/h2-6,8-9,12,14-15,18H,7,10-11,13H2,1H3. The zero-order valence-corrected chi connectivity index (χ0v) is 19.4. The van der Waals surface area contributed by atoms with E-state index in [1.54, 1.807) is 42.5 Å². The number of amides is 1. The molecular formula is C26H22ClN5O2. The minimum atomic E-state index is -0.0362. The van der Waals surface area contributed by atoms with Crippen LogP contribution in [0, 0.1) is 0 Å². The Kier molecular flexibility index (Phi) is 6.02. The number of nitrogens with zero attached hydrogens (tertiary/aromatic N) is 5. The van der Waals surface area contributed by atoms with Crippen molar-refractivity contribution in [1.29, 1.82) is 0 Å². The molecular weight excluding hydrogens is 450 g/mol. The fourth-order valence-corrected chi connectivity index (χ4v) is 4.52. The number of Topliss-reactive ketones (excluding diaryl/α,β-unsaturated/α-hetero) is 1. The van der Waals surface area contributed by atoms with E-state index in [0.29, 0.717) is 35.9 Å². The first-order valence-corrected chi connectivity index (χ1v) is 11.5. The first-order chi connectivity index (χ1) is 16.5. The number of hydrogen-bond donors (Lipinski definition) is 0. The van der Waals surface area contributed by atoms with Crippen LogP contribution in [0.25, 0.3) is 22.3 Å². The van der Waals surface area contributed by atoms with E-state index in [4.69, 9.17) is 16.6 Å². The van der Waals surface area contributed by atoms with E-state index in [2.05, 4.69) is 15.0 Å². The molecule has 1 aliphatic heterocycles. The van der Waals surface area contributed by atoms with E-state index >= 15 is 0 Å². The molecule has 1 fully saturated rings. The summed E-state index contributed by atoms with van der Waals surface area (Å²) in [7, 11) is 0. The molecule has 0 radical (unpaired) electrons. The number of rotatable bonds is 5. The Balaban J connectivity index is 1.40. The number of aromatic nitrogens is 4. The van der Waals surface area contributed by atoms with E-state index in [0.717, 1.165) is 34.3 Å². The Morgan fingerprint density at radius 2 is 1.94 bits per heavy atom. The summed E-state index contributed by atoms with van der Waals surface area (Å²) >= 11 is 6.11. The number of anilines is 1. The van der Waals surface area contributed by atoms with Crippen molar-refractivity contribution >= 4 is 40.1 Å². The SMILES string of the molecule is CC(=O)Cc1cccc(-c2nccnc2N2CCC(c3cnc4ccc(Cl)cc4n3)CC2=O)c1. The largest absolute Gasteiger partial charge is 0.300 e. The maximum Gasteiger partial charge on any atom is 0.228 e. The lowest BCUT2D eigenvalue weighted by molar-refractivity contribution is -0.120. The summed E-state index contributed by atoms with van der Waals surface area (Å²) in [4.78, 5) is 44.7. The third-order valence-corrected chi connectivity index (χ3v) is 6.19. The quantitative estimate of drug-likeness (QED) is 0.416. The molecule has 0 bridgehead atoms. The van der Waals surface area contributed by atoms with Crippen LogP contribution in [0.15, 0.2) is 61.1 Å². The van der Waals surface area contributed by atoms with Gasteiger partial charge in [-0.3, -0.25) is 24.5 Å². The van der Waals surface area contributed by atoms with Crippen LogP contribution in [-0.2, 0) is 16.0 Å². The second-order valence-corrected chi connectivity index (χ2v) is 8.91. The van der Waals surface area contributed by atoms with E-state index in [1.807, 2.05) is 30.3 Å². The molecule has 1 saturated heterocycles. The first kappa shape index (κ1) is 22.1. The van der Waals surface area contributed by atoms with Crippen LogP contribution in [-0.4, -0.2) is 38.2 Å². The summed E-state index contributed by atoms with van der Waals surface area (Å²) in [6.45, 7) is 2.06. The van der Waals surface area contributed by atoms with Gasteiger partial charge in [0, 0.05) is 54.5 Å². The van der Waals surface area contributed by atoms with Crippen molar-refractivity contribution in [3.05, 3.63) is 77.3 Å². The van der Waals surface area contributed by atoms with Crippen molar-refractivity contribution < 1.29 is 9.59 Å². The van der Waals surface area contributed by atoms with Crippen molar-refractivity contribution in [2.24, 2.45) is 0 Å². The minimum absolute atomic E-state index is 0.0290. The van der Waals surface area contributed by atoms with Crippen LogP contribution in [0.5, 0.6) is 0 Å². The van der Waals surface area contributed by atoms with Gasteiger partial charge in [0.2, 0.25) is 5.91 Å². The number of carbonyl (C=O) groups is 2. The lowest BCUT2D eigenvalue weighted by Crippen LogP contribution is -2.39. The van der Waals surface area contributed by atoms with Crippen molar-refractivity contribution in [2.75, 3.05) is 11.4 Å². The van der Waals surface area contributed by atoms with Crippen LogP contribution >= 0.6 is 11.6 Å². The molecule has 1 aliphatic rings. The van der Waals surface area contributed by atoms with Crippen molar-refractivity contribution in [3.8, 4) is 11.3 Å². The summed E-state index contributed by atoms with van der Waals surface area (Å²) in [5, 5.41) is 0.604. The second kappa shape index (κ2) is 9.27. The van der Waals surface area contributed by atoms with E-state index in [1.165, 1.54) is 0 Å². The topological polar surface area (TPSA) is 88.9 Å². The maximum absolute atomic E-state index is 13.2. The van der Waals surface area contributed by atoms with E-state index < -0.39 is 0 Å². The molecule has 5 rings (SSSR count). The van der Waals surface area contributed by atoms with Gasteiger partial charge in [-0.15, -0.1) is 0 Å². The summed E-state index contributed by atoms with van der Waals surface area (Å²) in [5.41, 5.74) is 4.64. The molecule has 1 amide bonds. The Morgan fingerprint density at radius 3 is 2.76 bits per heavy atom. The van der Waals surface area contributed by atoms with Gasteiger partial charge in [-0.1, -0.05) is 29.8 Å². The fourth-order valence-electron chi connectivity index (χ4n) is 4.35. The summed E-state index contributed by atoms with van der Waals surface area (Å²) in [5.74, 6) is 0.555. The van der Waals surface area contributed by atoms with Gasteiger partial charge >= 0.3 is 0 Å². The molecule has 0 saturated carbocycles.